The Morgan fingerprint density at radius 3 is 2.85 bits per heavy atom. The first-order chi connectivity index (χ1) is 16.5. The number of aromatic nitrogens is 3. The Hall–Kier alpha value is -2.79. The maximum Gasteiger partial charge on any atom is 0.270 e. The molecule has 1 saturated heterocycles. The van der Waals surface area contributed by atoms with Crippen LogP contribution in [-0.4, -0.2) is 63.7 Å². The number of rotatable bonds is 9. The van der Waals surface area contributed by atoms with Gasteiger partial charge in [0, 0.05) is 36.9 Å². The minimum atomic E-state index is -0.287. The first-order valence-corrected chi connectivity index (χ1v) is 12.4. The highest BCUT2D eigenvalue weighted by Gasteiger charge is 2.22. The molecule has 1 aliphatic rings. The molecule has 4 heterocycles. The number of aliphatic hydroxyl groups excluding tert-OH is 1. The second-order valence-electron chi connectivity index (χ2n) is 8.19. The van der Waals surface area contributed by atoms with Gasteiger partial charge in [0.2, 0.25) is 0 Å². The van der Waals surface area contributed by atoms with Crippen LogP contribution < -0.4 is 16.4 Å². The van der Waals surface area contributed by atoms with Crippen LogP contribution in [0.4, 0.5) is 11.5 Å². The number of nitrogens with two attached hydrogens (primary N) is 1. The summed E-state index contributed by atoms with van der Waals surface area (Å²) in [6.45, 7) is 3.59. The van der Waals surface area contributed by atoms with Crippen LogP contribution in [0.5, 0.6) is 0 Å². The van der Waals surface area contributed by atoms with Crippen molar-refractivity contribution in [2.24, 2.45) is 5.92 Å². The number of halogens is 1. The zero-order valence-corrected chi connectivity index (χ0v) is 20.3. The van der Waals surface area contributed by atoms with Crippen LogP contribution in [0, 0.1) is 5.92 Å². The van der Waals surface area contributed by atoms with Crippen molar-refractivity contribution in [2.75, 3.05) is 43.8 Å². The molecule has 5 N–H and O–H groups in total. The lowest BCUT2D eigenvalue weighted by molar-refractivity contribution is 0.0930. The lowest BCUT2D eigenvalue weighted by Gasteiger charge is -2.31. The van der Waals surface area contributed by atoms with Crippen molar-refractivity contribution in [3.05, 3.63) is 52.3 Å². The number of thiazole rings is 1. The van der Waals surface area contributed by atoms with Crippen molar-refractivity contribution in [3.63, 3.8) is 0 Å². The highest BCUT2D eigenvalue weighted by molar-refractivity contribution is 7.14. The van der Waals surface area contributed by atoms with E-state index in [9.17, 15) is 4.79 Å². The van der Waals surface area contributed by atoms with Gasteiger partial charge < -0.3 is 21.5 Å². The summed E-state index contributed by atoms with van der Waals surface area (Å²) < 4.78 is 0. The largest absolute Gasteiger partial charge is 0.397 e. The number of hydrogen-bond donors (Lipinski definition) is 4. The Balaban J connectivity index is 1.24. The normalized spacial score (nSPS) is 14.8. The predicted molar refractivity (Wildman–Crippen MR) is 135 cm³/mol. The van der Waals surface area contributed by atoms with Gasteiger partial charge in [-0.1, -0.05) is 17.7 Å². The fourth-order valence-electron chi connectivity index (χ4n) is 3.84. The molecular weight excluding hydrogens is 474 g/mol. The first kappa shape index (κ1) is 24.3. The zero-order valence-electron chi connectivity index (χ0n) is 18.7. The Kier molecular flexibility index (Phi) is 8.28. The second-order valence-corrected chi connectivity index (χ2v) is 9.68. The molecule has 0 aliphatic carbocycles. The molecule has 1 aliphatic heterocycles. The lowest BCUT2D eigenvalue weighted by atomic mass is 9.96. The summed E-state index contributed by atoms with van der Waals surface area (Å²) in [4.78, 5) is 29.4. The second kappa shape index (κ2) is 11.6. The molecule has 1 fully saturated rings. The molecule has 0 atom stereocenters. The summed E-state index contributed by atoms with van der Waals surface area (Å²) in [5.41, 5.74) is 7.29. The topological polar surface area (TPSA) is 129 Å². The monoisotopic (exact) mass is 501 g/mol. The number of carbonyl (C=O) groups is 1. The van der Waals surface area contributed by atoms with E-state index in [4.69, 9.17) is 22.4 Å². The van der Waals surface area contributed by atoms with Crippen molar-refractivity contribution < 1.29 is 9.90 Å². The highest BCUT2D eigenvalue weighted by Crippen LogP contribution is 2.28. The quantitative estimate of drug-likeness (QED) is 0.352. The number of nitrogen functional groups attached to an aromatic ring is 1. The molecule has 0 bridgehead atoms. The minimum Gasteiger partial charge on any atom is -0.397 e. The number of piperidine rings is 1. The van der Waals surface area contributed by atoms with Gasteiger partial charge in [0.1, 0.15) is 21.5 Å². The van der Waals surface area contributed by atoms with Gasteiger partial charge in [0.05, 0.1) is 18.0 Å². The number of nitrogens with one attached hydrogen (secondary N) is 2. The number of nitrogens with zero attached hydrogens (tertiary/aromatic N) is 4. The van der Waals surface area contributed by atoms with Crippen molar-refractivity contribution >= 4 is 40.4 Å². The zero-order chi connectivity index (χ0) is 23.9. The first-order valence-electron chi connectivity index (χ1n) is 11.2. The lowest BCUT2D eigenvalue weighted by Crippen LogP contribution is -2.38. The van der Waals surface area contributed by atoms with Gasteiger partial charge in [-0.05, 0) is 50.0 Å². The molecule has 4 rings (SSSR count). The number of pyridine rings is 2. The van der Waals surface area contributed by atoms with E-state index in [0.29, 0.717) is 18.3 Å². The number of aliphatic hydroxyl groups is 1. The smallest absolute Gasteiger partial charge is 0.270 e. The fourth-order valence-corrected chi connectivity index (χ4v) is 4.94. The number of amides is 1. The maximum absolute atomic E-state index is 12.6. The fraction of sp³-hybridized carbons (Fsp3) is 0.391. The average Bonchev–Trinajstić information content (AvgIpc) is 3.33. The maximum atomic E-state index is 12.6. The SMILES string of the molecule is Nc1cc(C(=O)NCC2CCN(Cc3cnc(-c4ccccn4)s3)CC2)nc(NCCO)c1Cl. The number of carbonyl (C=O) groups excluding carboxylic acids is 1. The van der Waals surface area contributed by atoms with Crippen LogP contribution in [0.3, 0.4) is 0 Å². The Bertz CT molecular complexity index is 1100. The Morgan fingerprint density at radius 1 is 1.29 bits per heavy atom. The molecule has 0 unspecified atom stereocenters. The van der Waals surface area contributed by atoms with Crippen LogP contribution in [-0.2, 0) is 6.54 Å². The van der Waals surface area contributed by atoms with Gasteiger partial charge in [0.15, 0.2) is 0 Å². The van der Waals surface area contributed by atoms with E-state index in [1.807, 2.05) is 24.4 Å². The molecule has 9 nitrogen and oxygen atoms in total. The van der Waals surface area contributed by atoms with E-state index >= 15 is 0 Å². The van der Waals surface area contributed by atoms with Gasteiger partial charge in [0.25, 0.3) is 5.91 Å². The molecule has 0 spiro atoms. The van der Waals surface area contributed by atoms with Crippen LogP contribution >= 0.6 is 22.9 Å². The van der Waals surface area contributed by atoms with Crippen molar-refractivity contribution in [1.29, 1.82) is 0 Å². The summed E-state index contributed by atoms with van der Waals surface area (Å²) in [7, 11) is 0. The molecular formula is C23H28ClN7O2S. The van der Waals surface area contributed by atoms with Crippen LogP contribution in [0.15, 0.2) is 36.7 Å². The third kappa shape index (κ3) is 6.20. The number of anilines is 2. The summed E-state index contributed by atoms with van der Waals surface area (Å²) in [5, 5.41) is 16.0. The highest BCUT2D eigenvalue weighted by atomic mass is 35.5. The van der Waals surface area contributed by atoms with E-state index in [0.717, 1.165) is 43.2 Å². The van der Waals surface area contributed by atoms with Gasteiger partial charge in [-0.2, -0.15) is 0 Å². The molecule has 34 heavy (non-hydrogen) atoms. The molecule has 11 heteroatoms. The third-order valence-electron chi connectivity index (χ3n) is 5.70. The Labute approximate surface area is 207 Å². The molecule has 0 radical (unpaired) electrons. The van der Waals surface area contributed by atoms with Crippen molar-refractivity contribution in [1.82, 2.24) is 25.2 Å². The number of hydrogen-bond acceptors (Lipinski definition) is 9. The van der Waals surface area contributed by atoms with Gasteiger partial charge >= 0.3 is 0 Å². The van der Waals surface area contributed by atoms with Gasteiger partial charge in [-0.3, -0.25) is 14.7 Å². The molecule has 3 aromatic heterocycles. The van der Waals surface area contributed by atoms with Crippen LogP contribution in [0.1, 0.15) is 28.2 Å². The van der Waals surface area contributed by atoms with Gasteiger partial charge in [-0.25, -0.2) is 9.97 Å². The summed E-state index contributed by atoms with van der Waals surface area (Å²) in [6.07, 6.45) is 5.73. The standard InChI is InChI=1S/C23H28ClN7O2S/c24-20-17(25)11-19(30-21(20)27-7-10-32)22(33)28-12-15-4-8-31(9-5-15)14-16-13-29-23(34-16)18-3-1-2-6-26-18/h1-3,6,11,13,15,32H,4-5,7-10,12,14H2,(H,28,33)(H3,25,27,30). The molecule has 3 aromatic rings. The van der Waals surface area contributed by atoms with Crippen LogP contribution in [0.2, 0.25) is 5.02 Å². The molecule has 1 amide bonds. The Morgan fingerprint density at radius 2 is 2.12 bits per heavy atom. The average molecular weight is 502 g/mol. The predicted octanol–water partition coefficient (Wildman–Crippen LogP) is 2.88. The number of likely N-dealkylation sites (tertiary alicyclic amines) is 1. The van der Waals surface area contributed by atoms with Crippen molar-refractivity contribution in [3.8, 4) is 10.7 Å². The van der Waals surface area contributed by atoms with E-state index in [-0.39, 0.29) is 35.5 Å². The van der Waals surface area contributed by atoms with E-state index < -0.39 is 0 Å². The molecule has 180 valence electrons. The van der Waals surface area contributed by atoms with E-state index in [2.05, 4.69) is 30.5 Å². The van der Waals surface area contributed by atoms with Crippen LogP contribution in [0.25, 0.3) is 10.7 Å². The molecule has 0 aromatic carbocycles. The third-order valence-corrected chi connectivity index (χ3v) is 7.10. The van der Waals surface area contributed by atoms with E-state index in [1.165, 1.54) is 10.9 Å². The minimum absolute atomic E-state index is 0.0819. The summed E-state index contributed by atoms with van der Waals surface area (Å²) in [5.74, 6) is 0.412. The van der Waals surface area contributed by atoms with Gasteiger partial charge in [-0.15, -0.1) is 11.3 Å². The summed E-state index contributed by atoms with van der Waals surface area (Å²) >= 11 is 7.82. The summed E-state index contributed by atoms with van der Waals surface area (Å²) in [6, 6.07) is 7.32. The van der Waals surface area contributed by atoms with E-state index in [1.54, 1.807) is 17.5 Å². The van der Waals surface area contributed by atoms with Crippen molar-refractivity contribution in [2.45, 2.75) is 19.4 Å². The molecule has 0 saturated carbocycles.